The van der Waals surface area contributed by atoms with E-state index in [9.17, 15) is 4.39 Å². The molecule has 4 N–H and O–H groups in total. The van der Waals surface area contributed by atoms with Crippen LogP contribution in [0.4, 0.5) is 21.8 Å². The molecule has 2 aromatic heterocycles. The minimum Gasteiger partial charge on any atom is -0.378 e. The van der Waals surface area contributed by atoms with Gasteiger partial charge in [-0.05, 0) is 43.9 Å². The monoisotopic (exact) mass is 471 g/mol. The second kappa shape index (κ2) is 12.0. The predicted molar refractivity (Wildman–Crippen MR) is 132 cm³/mol. The highest BCUT2D eigenvalue weighted by molar-refractivity contribution is 5.79. The Bertz CT molecular complexity index is 946. The van der Waals surface area contributed by atoms with Crippen molar-refractivity contribution in [3.05, 3.63) is 36.0 Å². The summed E-state index contributed by atoms with van der Waals surface area (Å²) in [5.74, 6) is 0.513. The fourth-order valence-electron chi connectivity index (χ4n) is 4.26. The van der Waals surface area contributed by atoms with Crippen molar-refractivity contribution in [2.75, 3.05) is 61.2 Å². The summed E-state index contributed by atoms with van der Waals surface area (Å²) in [6.45, 7) is 7.30. The summed E-state index contributed by atoms with van der Waals surface area (Å²) in [6, 6.07) is 4.02. The molecule has 0 amide bonds. The van der Waals surface area contributed by atoms with E-state index in [0.717, 1.165) is 50.8 Å². The van der Waals surface area contributed by atoms with Gasteiger partial charge in [0, 0.05) is 38.1 Å². The zero-order valence-electron chi connectivity index (χ0n) is 19.7. The lowest BCUT2D eigenvalue weighted by Crippen LogP contribution is -2.48. The third-order valence-electron chi connectivity index (χ3n) is 6.20. The van der Waals surface area contributed by atoms with Gasteiger partial charge in [-0.1, -0.05) is 6.92 Å². The Labute approximate surface area is 199 Å². The number of ether oxygens (including phenoxy) is 1. The van der Waals surface area contributed by atoms with Gasteiger partial charge in [0.25, 0.3) is 0 Å². The largest absolute Gasteiger partial charge is 0.378 e. The van der Waals surface area contributed by atoms with Crippen molar-refractivity contribution in [2.24, 2.45) is 16.8 Å². The Morgan fingerprint density at radius 3 is 2.79 bits per heavy atom. The van der Waals surface area contributed by atoms with Crippen LogP contribution in [0.25, 0.3) is 0 Å². The number of hydrogen-bond donors (Lipinski definition) is 3. The number of nitrogens with zero attached hydrogens (tertiary/aromatic N) is 6. The van der Waals surface area contributed by atoms with E-state index in [1.807, 2.05) is 17.0 Å². The van der Waals surface area contributed by atoms with Gasteiger partial charge in [-0.3, -0.25) is 4.98 Å². The highest BCUT2D eigenvalue weighted by Gasteiger charge is 2.24. The standard InChI is InChI=1S/C23H34FN9O/c1-2-6-27-21(25)17-4-8-32(9-5-17)19-3-7-26-18(14-19)15-29-31-23-28-16-20(24)22(30-23)33-10-12-34-13-11-33/h3,7,14-17,21,27H,2,4-6,8-13,25H2,1H3,(H,28,30,31)/b29-15+. The molecule has 0 spiro atoms. The molecule has 4 rings (SSSR count). The first kappa shape index (κ1) is 24.2. The Kier molecular flexibility index (Phi) is 8.56. The zero-order chi connectivity index (χ0) is 23.8. The lowest BCUT2D eigenvalue weighted by atomic mass is 9.93. The summed E-state index contributed by atoms with van der Waals surface area (Å²) in [6.07, 6.45) is 7.81. The minimum absolute atomic E-state index is 0.0609. The number of hydrazone groups is 1. The second-order valence-corrected chi connectivity index (χ2v) is 8.58. The van der Waals surface area contributed by atoms with E-state index in [1.165, 1.54) is 0 Å². The van der Waals surface area contributed by atoms with Crippen LogP contribution in [0.5, 0.6) is 0 Å². The number of nitrogens with two attached hydrogens (primary N) is 1. The van der Waals surface area contributed by atoms with Crippen molar-refractivity contribution in [2.45, 2.75) is 32.4 Å². The summed E-state index contributed by atoms with van der Waals surface area (Å²) in [5, 5.41) is 7.62. The maximum absolute atomic E-state index is 14.2. The number of morpholine rings is 1. The molecule has 184 valence electrons. The number of hydrogen-bond acceptors (Lipinski definition) is 10. The van der Waals surface area contributed by atoms with E-state index >= 15 is 0 Å². The first-order valence-corrected chi connectivity index (χ1v) is 12.0. The van der Waals surface area contributed by atoms with E-state index < -0.39 is 5.82 Å². The quantitative estimate of drug-likeness (QED) is 0.286. The first-order chi connectivity index (χ1) is 16.6. The molecule has 4 heterocycles. The van der Waals surface area contributed by atoms with Crippen molar-refractivity contribution in [3.8, 4) is 0 Å². The number of halogens is 1. The summed E-state index contributed by atoms with van der Waals surface area (Å²) in [7, 11) is 0. The third kappa shape index (κ3) is 6.37. The molecule has 2 aromatic rings. The SMILES string of the molecule is CCCNC(N)C1CCN(c2ccnc(/C=N/Nc3ncc(F)c(N4CCOCC4)n3)c2)CC1. The van der Waals surface area contributed by atoms with E-state index in [4.69, 9.17) is 10.5 Å². The van der Waals surface area contributed by atoms with Gasteiger partial charge in [0.1, 0.15) is 0 Å². The van der Waals surface area contributed by atoms with Gasteiger partial charge in [0.2, 0.25) is 5.95 Å². The first-order valence-electron chi connectivity index (χ1n) is 12.0. The molecule has 11 heteroatoms. The maximum Gasteiger partial charge on any atom is 0.245 e. The topological polar surface area (TPSA) is 117 Å². The molecule has 34 heavy (non-hydrogen) atoms. The molecule has 2 aliphatic rings. The van der Waals surface area contributed by atoms with Crippen LogP contribution in [-0.2, 0) is 4.74 Å². The van der Waals surface area contributed by atoms with E-state index in [-0.39, 0.29) is 17.9 Å². The van der Waals surface area contributed by atoms with Gasteiger partial charge < -0.3 is 25.6 Å². The van der Waals surface area contributed by atoms with Crippen LogP contribution >= 0.6 is 0 Å². The number of pyridine rings is 1. The van der Waals surface area contributed by atoms with Crippen LogP contribution in [0.2, 0.25) is 0 Å². The van der Waals surface area contributed by atoms with E-state index in [1.54, 1.807) is 12.4 Å². The van der Waals surface area contributed by atoms with Gasteiger partial charge in [0.05, 0.1) is 37.5 Å². The number of piperidine rings is 1. The average molecular weight is 472 g/mol. The normalized spacial score (nSPS) is 18.4. The van der Waals surface area contributed by atoms with Crippen LogP contribution < -0.4 is 26.3 Å². The van der Waals surface area contributed by atoms with Crippen molar-refractivity contribution in [1.29, 1.82) is 0 Å². The van der Waals surface area contributed by atoms with Crippen LogP contribution in [0.1, 0.15) is 31.9 Å². The van der Waals surface area contributed by atoms with Gasteiger partial charge in [-0.2, -0.15) is 10.1 Å². The number of aromatic nitrogens is 3. The van der Waals surface area contributed by atoms with Crippen LogP contribution in [0, 0.1) is 11.7 Å². The van der Waals surface area contributed by atoms with Crippen molar-refractivity contribution in [3.63, 3.8) is 0 Å². The molecule has 0 saturated carbocycles. The smallest absolute Gasteiger partial charge is 0.245 e. The predicted octanol–water partition coefficient (Wildman–Crippen LogP) is 1.79. The van der Waals surface area contributed by atoms with E-state index in [0.29, 0.717) is 37.9 Å². The lowest BCUT2D eigenvalue weighted by Gasteiger charge is -2.36. The molecular formula is C23H34FN9O. The summed E-state index contributed by atoms with van der Waals surface area (Å²) in [5.41, 5.74) is 10.9. The molecule has 2 aliphatic heterocycles. The molecule has 2 fully saturated rings. The molecule has 10 nitrogen and oxygen atoms in total. The van der Waals surface area contributed by atoms with Gasteiger partial charge in [-0.25, -0.2) is 14.8 Å². The van der Waals surface area contributed by atoms with Crippen LogP contribution in [0.15, 0.2) is 29.6 Å². The number of nitrogens with one attached hydrogen (secondary N) is 2. The molecule has 0 radical (unpaired) electrons. The fourth-order valence-corrected chi connectivity index (χ4v) is 4.26. The van der Waals surface area contributed by atoms with Crippen molar-refractivity contribution < 1.29 is 9.13 Å². The molecule has 2 saturated heterocycles. The van der Waals surface area contributed by atoms with Gasteiger partial charge >= 0.3 is 0 Å². The minimum atomic E-state index is -0.461. The van der Waals surface area contributed by atoms with Gasteiger partial charge in [0.15, 0.2) is 11.6 Å². The number of anilines is 3. The number of rotatable bonds is 9. The molecule has 1 atom stereocenters. The highest BCUT2D eigenvalue weighted by atomic mass is 19.1. The molecule has 0 aromatic carbocycles. The van der Waals surface area contributed by atoms with E-state index in [2.05, 4.69) is 42.6 Å². The van der Waals surface area contributed by atoms with Crippen molar-refractivity contribution in [1.82, 2.24) is 20.3 Å². The summed E-state index contributed by atoms with van der Waals surface area (Å²) >= 11 is 0. The molecular weight excluding hydrogens is 437 g/mol. The average Bonchev–Trinajstić information content (AvgIpc) is 2.89. The van der Waals surface area contributed by atoms with Crippen LogP contribution in [0.3, 0.4) is 0 Å². The summed E-state index contributed by atoms with van der Waals surface area (Å²) < 4.78 is 19.5. The zero-order valence-corrected chi connectivity index (χ0v) is 19.7. The third-order valence-corrected chi connectivity index (χ3v) is 6.20. The lowest BCUT2D eigenvalue weighted by molar-refractivity contribution is 0.122. The Morgan fingerprint density at radius 1 is 1.24 bits per heavy atom. The maximum atomic E-state index is 14.2. The van der Waals surface area contributed by atoms with Crippen LogP contribution in [-0.4, -0.2) is 73.3 Å². The summed E-state index contributed by atoms with van der Waals surface area (Å²) in [4.78, 5) is 16.8. The molecule has 0 aliphatic carbocycles. The van der Waals surface area contributed by atoms with Crippen molar-refractivity contribution >= 4 is 23.7 Å². The van der Waals surface area contributed by atoms with Gasteiger partial charge in [-0.15, -0.1) is 0 Å². The fraction of sp³-hybridized carbons (Fsp3) is 0.565. The highest BCUT2D eigenvalue weighted by Crippen LogP contribution is 2.24. The Hall–Kier alpha value is -2.89. The Balaban J connectivity index is 1.33. The molecule has 0 bridgehead atoms. The second-order valence-electron chi connectivity index (χ2n) is 8.58. The molecule has 1 unspecified atom stereocenters. The Morgan fingerprint density at radius 2 is 2.03 bits per heavy atom.